The third-order valence-electron chi connectivity index (χ3n) is 5.32. The first-order valence-corrected chi connectivity index (χ1v) is 9.93. The summed E-state index contributed by atoms with van der Waals surface area (Å²) in [5, 5.41) is 7.99. The molecule has 0 bridgehead atoms. The predicted molar refractivity (Wildman–Crippen MR) is 129 cm³/mol. The molecular weight excluding hydrogens is 473 g/mol. The van der Waals surface area contributed by atoms with Gasteiger partial charge in [-0.05, 0) is 36.1 Å². The molecule has 0 spiro atoms. The van der Waals surface area contributed by atoms with Crippen LogP contribution < -0.4 is 5.32 Å². The van der Waals surface area contributed by atoms with E-state index in [1.807, 2.05) is 36.1 Å². The summed E-state index contributed by atoms with van der Waals surface area (Å²) in [6.07, 6.45) is 6.14. The third-order valence-corrected chi connectivity index (χ3v) is 5.32. The van der Waals surface area contributed by atoms with Crippen molar-refractivity contribution in [2.75, 3.05) is 26.7 Å². The van der Waals surface area contributed by atoms with E-state index >= 15 is 0 Å². The largest absolute Gasteiger partial charge is 0.356 e. The fraction of sp³-hybridized carbons (Fsp3) is 0.304. The van der Waals surface area contributed by atoms with Crippen molar-refractivity contribution in [2.24, 2.45) is 4.99 Å². The average molecular weight is 501 g/mol. The van der Waals surface area contributed by atoms with Gasteiger partial charge in [-0.15, -0.1) is 24.0 Å². The summed E-state index contributed by atoms with van der Waals surface area (Å²) in [7, 11) is 1.87. The number of aromatic nitrogens is 2. The van der Waals surface area contributed by atoms with Crippen LogP contribution >= 0.6 is 24.0 Å². The van der Waals surface area contributed by atoms with Crippen molar-refractivity contribution in [3.8, 4) is 5.69 Å². The van der Waals surface area contributed by atoms with Crippen molar-refractivity contribution in [1.29, 1.82) is 0 Å². The highest BCUT2D eigenvalue weighted by atomic mass is 127. The molecule has 1 aromatic heterocycles. The Morgan fingerprint density at radius 1 is 1.10 bits per heavy atom. The average Bonchev–Trinajstić information content (AvgIpc) is 3.43. The lowest BCUT2D eigenvalue weighted by Crippen LogP contribution is -2.40. The molecule has 2 heterocycles. The van der Waals surface area contributed by atoms with Crippen LogP contribution in [-0.4, -0.2) is 47.3 Å². The number of halogens is 1. The molecule has 3 aromatic rings. The molecule has 0 radical (unpaired) electrons. The minimum absolute atomic E-state index is 0. The molecule has 0 saturated carbocycles. The number of hydrogen-bond donors (Lipinski definition) is 1. The zero-order chi connectivity index (χ0) is 19.2. The molecule has 1 fully saturated rings. The van der Waals surface area contributed by atoms with Crippen LogP contribution in [0.1, 0.15) is 23.5 Å². The zero-order valence-electron chi connectivity index (χ0n) is 16.7. The van der Waals surface area contributed by atoms with E-state index < -0.39 is 0 Å². The second kappa shape index (κ2) is 10.4. The fourth-order valence-corrected chi connectivity index (χ4v) is 3.81. The van der Waals surface area contributed by atoms with E-state index in [1.54, 1.807) is 0 Å². The zero-order valence-corrected chi connectivity index (χ0v) is 19.1. The van der Waals surface area contributed by atoms with Gasteiger partial charge in [-0.25, -0.2) is 4.68 Å². The Balaban J connectivity index is 0.00000240. The van der Waals surface area contributed by atoms with Crippen LogP contribution in [0.25, 0.3) is 5.69 Å². The van der Waals surface area contributed by atoms with Gasteiger partial charge in [0.05, 0.1) is 11.9 Å². The third kappa shape index (κ3) is 5.38. The molecule has 0 amide bonds. The molecule has 4 rings (SSSR count). The number of guanidine groups is 1. The SMILES string of the molecule is CN=C(NCCc1cnn(-c2ccccc2)c1)N1CCC(c2ccccc2)C1.I. The van der Waals surface area contributed by atoms with Gasteiger partial charge in [0.15, 0.2) is 5.96 Å². The first-order chi connectivity index (χ1) is 13.8. The smallest absolute Gasteiger partial charge is 0.193 e. The highest BCUT2D eigenvalue weighted by Gasteiger charge is 2.25. The summed E-state index contributed by atoms with van der Waals surface area (Å²) in [5.41, 5.74) is 3.73. The Morgan fingerprint density at radius 3 is 2.55 bits per heavy atom. The van der Waals surface area contributed by atoms with Crippen molar-refractivity contribution in [3.05, 3.63) is 84.2 Å². The minimum atomic E-state index is 0. The molecule has 0 aliphatic carbocycles. The molecule has 1 atom stereocenters. The van der Waals surface area contributed by atoms with Crippen LogP contribution in [-0.2, 0) is 6.42 Å². The lowest BCUT2D eigenvalue weighted by molar-refractivity contribution is 0.486. The number of hydrogen-bond acceptors (Lipinski definition) is 2. The van der Waals surface area contributed by atoms with Gasteiger partial charge in [-0.1, -0.05) is 48.5 Å². The van der Waals surface area contributed by atoms with Crippen LogP contribution in [0, 0.1) is 0 Å². The highest BCUT2D eigenvalue weighted by Crippen LogP contribution is 2.26. The van der Waals surface area contributed by atoms with Crippen LogP contribution in [0.3, 0.4) is 0 Å². The molecule has 152 valence electrons. The number of nitrogens with one attached hydrogen (secondary N) is 1. The Bertz CT molecular complexity index is 907. The number of aliphatic imine (C=N–C) groups is 1. The summed E-state index contributed by atoms with van der Waals surface area (Å²) >= 11 is 0. The second-order valence-corrected chi connectivity index (χ2v) is 7.19. The molecule has 5 nitrogen and oxygen atoms in total. The first-order valence-electron chi connectivity index (χ1n) is 9.93. The lowest BCUT2D eigenvalue weighted by Gasteiger charge is -2.21. The van der Waals surface area contributed by atoms with Gasteiger partial charge in [-0.3, -0.25) is 4.99 Å². The molecular formula is C23H28IN5. The monoisotopic (exact) mass is 501 g/mol. The van der Waals surface area contributed by atoms with E-state index in [2.05, 4.69) is 69.0 Å². The highest BCUT2D eigenvalue weighted by molar-refractivity contribution is 14.0. The minimum Gasteiger partial charge on any atom is -0.356 e. The number of benzene rings is 2. The maximum Gasteiger partial charge on any atom is 0.193 e. The summed E-state index contributed by atoms with van der Waals surface area (Å²) < 4.78 is 1.93. The molecule has 1 N–H and O–H groups in total. The first kappa shape index (κ1) is 21.4. The van der Waals surface area contributed by atoms with E-state index in [1.165, 1.54) is 17.5 Å². The summed E-state index contributed by atoms with van der Waals surface area (Å²) in [6, 6.07) is 21.0. The number of likely N-dealkylation sites (tertiary alicyclic amines) is 1. The summed E-state index contributed by atoms with van der Waals surface area (Å²) in [4.78, 5) is 6.86. The second-order valence-electron chi connectivity index (χ2n) is 7.19. The summed E-state index contributed by atoms with van der Waals surface area (Å²) in [6.45, 7) is 2.92. The topological polar surface area (TPSA) is 45.5 Å². The number of rotatable bonds is 5. The van der Waals surface area contributed by atoms with E-state index in [0.717, 1.165) is 37.7 Å². The van der Waals surface area contributed by atoms with Gasteiger partial charge < -0.3 is 10.2 Å². The summed E-state index contributed by atoms with van der Waals surface area (Å²) in [5.74, 6) is 1.58. The molecule has 1 aliphatic heterocycles. The Labute approximate surface area is 189 Å². The van der Waals surface area contributed by atoms with Crippen LogP contribution in [0.5, 0.6) is 0 Å². The Kier molecular flexibility index (Phi) is 7.69. The number of nitrogens with zero attached hydrogens (tertiary/aromatic N) is 4. The van der Waals surface area contributed by atoms with E-state index in [-0.39, 0.29) is 24.0 Å². The quantitative estimate of drug-likeness (QED) is 0.326. The predicted octanol–water partition coefficient (Wildman–Crippen LogP) is 4.10. The van der Waals surface area contributed by atoms with Crippen LogP contribution in [0.4, 0.5) is 0 Å². The van der Waals surface area contributed by atoms with Crippen LogP contribution in [0.2, 0.25) is 0 Å². The molecule has 6 heteroatoms. The van der Waals surface area contributed by atoms with E-state index in [4.69, 9.17) is 0 Å². The van der Waals surface area contributed by atoms with Gasteiger partial charge in [0.2, 0.25) is 0 Å². The number of para-hydroxylation sites is 1. The van der Waals surface area contributed by atoms with Crippen molar-refractivity contribution in [2.45, 2.75) is 18.8 Å². The van der Waals surface area contributed by atoms with Crippen molar-refractivity contribution in [3.63, 3.8) is 0 Å². The molecule has 2 aromatic carbocycles. The van der Waals surface area contributed by atoms with Crippen LogP contribution in [0.15, 0.2) is 78.0 Å². The van der Waals surface area contributed by atoms with Crippen molar-refractivity contribution in [1.82, 2.24) is 20.0 Å². The lowest BCUT2D eigenvalue weighted by atomic mass is 9.99. The van der Waals surface area contributed by atoms with Crippen molar-refractivity contribution >= 4 is 29.9 Å². The maximum absolute atomic E-state index is 4.49. The molecule has 1 unspecified atom stereocenters. The maximum atomic E-state index is 4.49. The van der Waals surface area contributed by atoms with Gasteiger partial charge in [-0.2, -0.15) is 5.10 Å². The van der Waals surface area contributed by atoms with E-state index in [9.17, 15) is 0 Å². The molecule has 1 aliphatic rings. The molecule has 29 heavy (non-hydrogen) atoms. The standard InChI is InChI=1S/C23H27N5.HI/c1-24-23(27-15-13-21(18-27)20-8-4-2-5-9-20)25-14-12-19-16-26-28(17-19)22-10-6-3-7-11-22;/h2-11,16-17,21H,12-15,18H2,1H3,(H,24,25);1H. The van der Waals surface area contributed by atoms with Crippen molar-refractivity contribution < 1.29 is 0 Å². The van der Waals surface area contributed by atoms with Gasteiger partial charge in [0, 0.05) is 38.8 Å². The fourth-order valence-electron chi connectivity index (χ4n) is 3.81. The van der Waals surface area contributed by atoms with Gasteiger partial charge in [0.1, 0.15) is 0 Å². The Morgan fingerprint density at radius 2 is 1.83 bits per heavy atom. The normalized spacial score (nSPS) is 16.5. The van der Waals surface area contributed by atoms with E-state index in [0.29, 0.717) is 5.92 Å². The van der Waals surface area contributed by atoms with Gasteiger partial charge >= 0.3 is 0 Å². The Hall–Kier alpha value is -2.35. The van der Waals surface area contributed by atoms with Gasteiger partial charge in [0.25, 0.3) is 0 Å². The molecule has 1 saturated heterocycles.